The third-order valence-corrected chi connectivity index (χ3v) is 5.55. The summed E-state index contributed by atoms with van der Waals surface area (Å²) in [6.45, 7) is 9.65. The maximum atomic E-state index is 6.30. The van der Waals surface area contributed by atoms with Gasteiger partial charge in [-0.15, -0.1) is 0 Å². The van der Waals surface area contributed by atoms with Crippen LogP contribution in [-0.2, 0) is 0 Å². The minimum Gasteiger partial charge on any atom is -0.353 e. The Morgan fingerprint density at radius 2 is 1.56 bits per heavy atom. The van der Waals surface area contributed by atoms with E-state index in [1.54, 1.807) is 6.20 Å². The molecule has 144 valence electrons. The fourth-order valence-corrected chi connectivity index (χ4v) is 3.84. The van der Waals surface area contributed by atoms with E-state index in [-0.39, 0.29) is 0 Å². The predicted octanol–water partition coefficient (Wildman–Crippen LogP) is 1.91. The van der Waals surface area contributed by atoms with Crippen molar-refractivity contribution in [2.24, 2.45) is 0 Å². The molecule has 0 saturated carbocycles. The highest BCUT2D eigenvalue weighted by molar-refractivity contribution is 6.32. The largest absolute Gasteiger partial charge is 0.353 e. The molecule has 0 atom stereocenters. The Morgan fingerprint density at radius 3 is 2.26 bits per heavy atom. The van der Waals surface area contributed by atoms with Gasteiger partial charge in [-0.2, -0.15) is 4.98 Å². The molecule has 2 aliphatic rings. The van der Waals surface area contributed by atoms with Crippen LogP contribution in [0.2, 0.25) is 5.02 Å². The zero-order valence-electron chi connectivity index (χ0n) is 16.0. The highest BCUT2D eigenvalue weighted by atomic mass is 35.5. The van der Waals surface area contributed by atoms with Crippen molar-refractivity contribution >= 4 is 29.2 Å². The van der Waals surface area contributed by atoms with E-state index in [0.717, 1.165) is 75.6 Å². The summed E-state index contributed by atoms with van der Waals surface area (Å²) in [4.78, 5) is 23.2. The van der Waals surface area contributed by atoms with Crippen molar-refractivity contribution < 1.29 is 0 Å². The van der Waals surface area contributed by atoms with Gasteiger partial charge in [0, 0.05) is 70.3 Å². The number of aromatic nitrogens is 3. The molecule has 0 spiro atoms. The lowest BCUT2D eigenvalue weighted by atomic mass is 10.3. The van der Waals surface area contributed by atoms with Gasteiger partial charge in [0.1, 0.15) is 11.6 Å². The van der Waals surface area contributed by atoms with E-state index in [1.807, 2.05) is 12.1 Å². The standard InChI is InChI=1S/C19H26ClN7/c1-15-14-17(23-19(22-15)27-8-6-24(2)7-9-27)25-10-12-26(13-11-25)18-16(20)4-3-5-21-18/h3-5,14H,6-13H2,1-2H3. The quantitative estimate of drug-likeness (QED) is 0.797. The lowest BCUT2D eigenvalue weighted by Crippen LogP contribution is -2.48. The van der Waals surface area contributed by atoms with E-state index in [1.165, 1.54) is 0 Å². The topological polar surface area (TPSA) is 51.6 Å². The number of anilines is 3. The van der Waals surface area contributed by atoms with E-state index in [4.69, 9.17) is 16.6 Å². The van der Waals surface area contributed by atoms with Gasteiger partial charge in [-0.05, 0) is 26.1 Å². The summed E-state index contributed by atoms with van der Waals surface area (Å²) in [6, 6.07) is 5.85. The van der Waals surface area contributed by atoms with Gasteiger partial charge >= 0.3 is 0 Å². The highest BCUT2D eigenvalue weighted by Gasteiger charge is 2.23. The van der Waals surface area contributed by atoms with Crippen LogP contribution >= 0.6 is 11.6 Å². The molecular weight excluding hydrogens is 362 g/mol. The smallest absolute Gasteiger partial charge is 0.227 e. The van der Waals surface area contributed by atoms with Crippen molar-refractivity contribution in [3.05, 3.63) is 35.1 Å². The van der Waals surface area contributed by atoms with Crippen molar-refractivity contribution in [1.29, 1.82) is 0 Å². The molecular formula is C19H26ClN7. The maximum absolute atomic E-state index is 6.30. The summed E-state index contributed by atoms with van der Waals surface area (Å²) in [7, 11) is 2.16. The first-order valence-electron chi connectivity index (χ1n) is 9.50. The average molecular weight is 388 g/mol. The summed E-state index contributed by atoms with van der Waals surface area (Å²) >= 11 is 6.30. The van der Waals surface area contributed by atoms with Gasteiger partial charge in [-0.3, -0.25) is 0 Å². The number of likely N-dealkylation sites (N-methyl/N-ethyl adjacent to an activating group) is 1. The minimum absolute atomic E-state index is 0.709. The summed E-state index contributed by atoms with van der Waals surface area (Å²) in [6.07, 6.45) is 1.80. The van der Waals surface area contributed by atoms with Crippen molar-refractivity contribution in [1.82, 2.24) is 19.9 Å². The van der Waals surface area contributed by atoms with Crippen LogP contribution < -0.4 is 14.7 Å². The van der Waals surface area contributed by atoms with Crippen LogP contribution in [0.15, 0.2) is 24.4 Å². The Kier molecular flexibility index (Phi) is 5.31. The minimum atomic E-state index is 0.709. The summed E-state index contributed by atoms with van der Waals surface area (Å²) in [5.74, 6) is 2.74. The van der Waals surface area contributed by atoms with Gasteiger partial charge in [0.05, 0.1) is 5.02 Å². The van der Waals surface area contributed by atoms with Crippen molar-refractivity contribution in [2.45, 2.75) is 6.92 Å². The molecule has 0 N–H and O–H groups in total. The Labute approximate surface area is 165 Å². The van der Waals surface area contributed by atoms with E-state index < -0.39 is 0 Å². The molecule has 7 nitrogen and oxygen atoms in total. The molecule has 27 heavy (non-hydrogen) atoms. The molecule has 4 heterocycles. The number of hydrogen-bond acceptors (Lipinski definition) is 7. The van der Waals surface area contributed by atoms with Gasteiger partial charge in [-0.25, -0.2) is 9.97 Å². The molecule has 8 heteroatoms. The second-order valence-corrected chi connectivity index (χ2v) is 7.65. The number of rotatable bonds is 3. The highest BCUT2D eigenvalue weighted by Crippen LogP contribution is 2.25. The second kappa shape index (κ2) is 7.86. The summed E-state index contributed by atoms with van der Waals surface area (Å²) in [5.41, 5.74) is 1.02. The molecule has 0 radical (unpaired) electrons. The fraction of sp³-hybridized carbons (Fsp3) is 0.526. The zero-order chi connectivity index (χ0) is 18.8. The first-order valence-corrected chi connectivity index (χ1v) is 9.87. The molecule has 0 amide bonds. The Morgan fingerprint density at radius 1 is 0.889 bits per heavy atom. The molecule has 2 aliphatic heterocycles. The van der Waals surface area contributed by atoms with Crippen LogP contribution in [0, 0.1) is 6.92 Å². The van der Waals surface area contributed by atoms with Gasteiger partial charge in [0.15, 0.2) is 0 Å². The Balaban J connectivity index is 1.46. The van der Waals surface area contributed by atoms with Crippen LogP contribution in [0.25, 0.3) is 0 Å². The monoisotopic (exact) mass is 387 g/mol. The van der Waals surface area contributed by atoms with Crippen LogP contribution in [-0.4, -0.2) is 79.3 Å². The van der Waals surface area contributed by atoms with Crippen LogP contribution in [0.3, 0.4) is 0 Å². The number of piperazine rings is 2. The summed E-state index contributed by atoms with van der Waals surface area (Å²) < 4.78 is 0. The second-order valence-electron chi connectivity index (χ2n) is 7.24. The third-order valence-electron chi connectivity index (χ3n) is 5.26. The molecule has 0 unspecified atom stereocenters. The molecule has 2 aromatic heterocycles. The van der Waals surface area contributed by atoms with Crippen LogP contribution in [0.1, 0.15) is 5.69 Å². The van der Waals surface area contributed by atoms with E-state index in [2.05, 4.69) is 49.6 Å². The lowest BCUT2D eigenvalue weighted by Gasteiger charge is -2.37. The molecule has 4 rings (SSSR count). The van der Waals surface area contributed by atoms with Crippen molar-refractivity contribution in [3.8, 4) is 0 Å². The van der Waals surface area contributed by atoms with E-state index in [9.17, 15) is 0 Å². The van der Waals surface area contributed by atoms with Gasteiger partial charge in [0.2, 0.25) is 5.95 Å². The number of halogens is 1. The average Bonchev–Trinajstić information content (AvgIpc) is 2.69. The van der Waals surface area contributed by atoms with E-state index in [0.29, 0.717) is 5.02 Å². The third kappa shape index (κ3) is 4.09. The number of aryl methyl sites for hydroxylation is 1. The van der Waals surface area contributed by atoms with Gasteiger partial charge in [0.25, 0.3) is 0 Å². The lowest BCUT2D eigenvalue weighted by molar-refractivity contribution is 0.311. The maximum Gasteiger partial charge on any atom is 0.227 e. The molecule has 2 saturated heterocycles. The molecule has 2 aromatic rings. The van der Waals surface area contributed by atoms with Crippen molar-refractivity contribution in [2.75, 3.05) is 74.1 Å². The molecule has 0 aliphatic carbocycles. The Bertz CT molecular complexity index is 783. The van der Waals surface area contributed by atoms with Gasteiger partial charge in [-0.1, -0.05) is 11.6 Å². The van der Waals surface area contributed by atoms with Gasteiger partial charge < -0.3 is 19.6 Å². The number of nitrogens with zero attached hydrogens (tertiary/aromatic N) is 7. The zero-order valence-corrected chi connectivity index (χ0v) is 16.7. The van der Waals surface area contributed by atoms with Crippen LogP contribution in [0.4, 0.5) is 17.6 Å². The molecule has 2 fully saturated rings. The molecule has 0 aromatic carbocycles. The molecule has 0 bridgehead atoms. The Hall–Kier alpha value is -2.12. The predicted molar refractivity (Wildman–Crippen MR) is 110 cm³/mol. The summed E-state index contributed by atoms with van der Waals surface area (Å²) in [5, 5.41) is 0.709. The van der Waals surface area contributed by atoms with E-state index >= 15 is 0 Å². The normalized spacial score (nSPS) is 18.9. The first-order chi connectivity index (χ1) is 13.1. The first kappa shape index (κ1) is 18.3. The SMILES string of the molecule is Cc1cc(N2CCN(c3ncccc3Cl)CC2)nc(N2CCN(C)CC2)n1. The van der Waals surface area contributed by atoms with Crippen molar-refractivity contribution in [3.63, 3.8) is 0 Å². The number of pyridine rings is 1. The van der Waals surface area contributed by atoms with Crippen LogP contribution in [0.5, 0.6) is 0 Å². The fourth-order valence-electron chi connectivity index (χ4n) is 3.60. The number of hydrogen-bond donors (Lipinski definition) is 0.